The molecule has 3 N–H and O–H groups in total. The second-order valence-corrected chi connectivity index (χ2v) is 7.88. The molecule has 1 unspecified atom stereocenters. The summed E-state index contributed by atoms with van der Waals surface area (Å²) in [6.45, 7) is 10.7. The summed E-state index contributed by atoms with van der Waals surface area (Å²) >= 11 is 0. The van der Waals surface area contributed by atoms with Gasteiger partial charge in [-0.3, -0.25) is 4.79 Å². The normalized spacial score (nSPS) is 15.1. The fraction of sp³-hybridized carbons (Fsp3) is 0.632. The van der Waals surface area contributed by atoms with Crippen LogP contribution in [0.25, 0.3) is 0 Å². The van der Waals surface area contributed by atoms with Crippen LogP contribution in [-0.4, -0.2) is 31.2 Å². The Morgan fingerprint density at radius 1 is 1.09 bits per heavy atom. The largest absolute Gasteiger partial charge is 0.508 e. The molecule has 0 radical (unpaired) electrons. The summed E-state index contributed by atoms with van der Waals surface area (Å²) in [5.74, 6) is 0.268. The first-order chi connectivity index (χ1) is 10.5. The minimum Gasteiger partial charge on any atom is -0.508 e. The van der Waals surface area contributed by atoms with Gasteiger partial charge in [0.25, 0.3) is 0 Å². The van der Waals surface area contributed by atoms with Crippen LogP contribution in [0, 0.1) is 11.3 Å². The van der Waals surface area contributed by atoms with Gasteiger partial charge in [0, 0.05) is 24.4 Å². The Hall–Kier alpha value is -1.55. The molecule has 0 aliphatic carbocycles. The SMILES string of the molecule is CNC(=O)[C@@H](CC(NC)C(C)(C)c1ccc(O)cc1)C(C)(C)C. The highest BCUT2D eigenvalue weighted by Crippen LogP contribution is 2.36. The zero-order valence-electron chi connectivity index (χ0n) is 15.5. The third kappa shape index (κ3) is 4.71. The fourth-order valence-corrected chi connectivity index (χ4v) is 3.13. The van der Waals surface area contributed by atoms with Crippen LogP contribution in [0.5, 0.6) is 5.75 Å². The minimum absolute atomic E-state index is 0.0821. The molecule has 4 heteroatoms. The molecule has 0 heterocycles. The molecule has 130 valence electrons. The quantitative estimate of drug-likeness (QED) is 0.755. The number of carbonyl (C=O) groups is 1. The van der Waals surface area contributed by atoms with Gasteiger partial charge in [-0.05, 0) is 36.6 Å². The van der Waals surface area contributed by atoms with Gasteiger partial charge < -0.3 is 15.7 Å². The molecule has 1 amide bonds. The first-order valence-corrected chi connectivity index (χ1v) is 8.22. The monoisotopic (exact) mass is 320 g/mol. The number of likely N-dealkylation sites (N-methyl/N-ethyl adjacent to an activating group) is 1. The zero-order chi connectivity index (χ0) is 17.8. The zero-order valence-corrected chi connectivity index (χ0v) is 15.5. The molecule has 1 aromatic carbocycles. The molecular formula is C19H32N2O2. The number of nitrogens with one attached hydrogen (secondary N) is 2. The molecule has 0 spiro atoms. The van der Waals surface area contributed by atoms with Gasteiger partial charge >= 0.3 is 0 Å². The van der Waals surface area contributed by atoms with E-state index in [0.29, 0.717) is 0 Å². The van der Waals surface area contributed by atoms with E-state index in [1.54, 1.807) is 19.2 Å². The summed E-state index contributed by atoms with van der Waals surface area (Å²) in [5, 5.41) is 15.7. The number of benzene rings is 1. The lowest BCUT2D eigenvalue weighted by Gasteiger charge is -2.39. The fourth-order valence-electron chi connectivity index (χ4n) is 3.13. The molecule has 0 bridgehead atoms. The average Bonchev–Trinajstić information content (AvgIpc) is 2.46. The van der Waals surface area contributed by atoms with Gasteiger partial charge in [-0.1, -0.05) is 46.8 Å². The maximum Gasteiger partial charge on any atom is 0.223 e. The van der Waals surface area contributed by atoms with Crippen molar-refractivity contribution in [1.29, 1.82) is 0 Å². The van der Waals surface area contributed by atoms with Gasteiger partial charge in [-0.2, -0.15) is 0 Å². The van der Waals surface area contributed by atoms with Crippen LogP contribution < -0.4 is 10.6 Å². The molecule has 0 aliphatic heterocycles. The molecular weight excluding hydrogens is 288 g/mol. The Morgan fingerprint density at radius 3 is 2.00 bits per heavy atom. The highest BCUT2D eigenvalue weighted by Gasteiger charge is 2.38. The van der Waals surface area contributed by atoms with Crippen molar-refractivity contribution in [2.75, 3.05) is 14.1 Å². The first-order valence-electron chi connectivity index (χ1n) is 8.22. The van der Waals surface area contributed by atoms with Crippen molar-refractivity contribution < 1.29 is 9.90 Å². The predicted molar refractivity (Wildman–Crippen MR) is 95.6 cm³/mol. The molecule has 1 aromatic rings. The summed E-state index contributed by atoms with van der Waals surface area (Å²) < 4.78 is 0. The van der Waals surface area contributed by atoms with E-state index in [4.69, 9.17) is 0 Å². The Kier molecular flexibility index (Phi) is 6.23. The lowest BCUT2D eigenvalue weighted by molar-refractivity contribution is -0.128. The van der Waals surface area contributed by atoms with Crippen LogP contribution in [0.1, 0.15) is 46.6 Å². The Balaban J connectivity index is 3.10. The number of carbonyl (C=O) groups excluding carboxylic acids is 1. The van der Waals surface area contributed by atoms with Gasteiger partial charge in [0.05, 0.1) is 0 Å². The molecule has 0 aromatic heterocycles. The van der Waals surface area contributed by atoms with Crippen molar-refractivity contribution in [2.45, 2.75) is 52.5 Å². The van der Waals surface area contributed by atoms with Crippen LogP contribution in [0.15, 0.2) is 24.3 Å². The highest BCUT2D eigenvalue weighted by atomic mass is 16.3. The second kappa shape index (κ2) is 7.35. The maximum absolute atomic E-state index is 12.3. The number of aromatic hydroxyl groups is 1. The molecule has 4 nitrogen and oxygen atoms in total. The number of hydrogen-bond acceptors (Lipinski definition) is 3. The number of rotatable bonds is 6. The van der Waals surface area contributed by atoms with Gasteiger partial charge in [-0.25, -0.2) is 0 Å². The molecule has 2 atom stereocenters. The van der Waals surface area contributed by atoms with Crippen molar-refractivity contribution in [1.82, 2.24) is 10.6 Å². The summed E-state index contributed by atoms with van der Waals surface area (Å²) in [4.78, 5) is 12.3. The van der Waals surface area contributed by atoms with Crippen molar-refractivity contribution in [3.8, 4) is 5.75 Å². The van der Waals surface area contributed by atoms with E-state index in [0.717, 1.165) is 12.0 Å². The molecule has 23 heavy (non-hydrogen) atoms. The third-order valence-electron chi connectivity index (χ3n) is 4.91. The average molecular weight is 320 g/mol. The molecule has 0 aliphatic rings. The summed E-state index contributed by atoms with van der Waals surface area (Å²) in [5.41, 5.74) is 0.861. The van der Waals surface area contributed by atoms with Crippen LogP contribution in [0.2, 0.25) is 0 Å². The second-order valence-electron chi connectivity index (χ2n) is 7.88. The van der Waals surface area contributed by atoms with E-state index < -0.39 is 0 Å². The van der Waals surface area contributed by atoms with Gasteiger partial charge in [0.2, 0.25) is 5.91 Å². The van der Waals surface area contributed by atoms with Crippen LogP contribution in [0.4, 0.5) is 0 Å². The molecule has 0 saturated heterocycles. The summed E-state index contributed by atoms with van der Waals surface area (Å²) in [6, 6.07) is 7.46. The predicted octanol–water partition coefficient (Wildman–Crippen LogP) is 3.06. The van der Waals surface area contributed by atoms with Crippen LogP contribution in [0.3, 0.4) is 0 Å². The van der Waals surface area contributed by atoms with Crippen molar-refractivity contribution >= 4 is 5.91 Å². The van der Waals surface area contributed by atoms with E-state index in [9.17, 15) is 9.90 Å². The number of amides is 1. The lowest BCUT2D eigenvalue weighted by atomic mass is 9.69. The molecule has 1 rings (SSSR count). The van der Waals surface area contributed by atoms with Crippen molar-refractivity contribution in [3.63, 3.8) is 0 Å². The topological polar surface area (TPSA) is 61.4 Å². The molecule has 0 saturated carbocycles. The van der Waals surface area contributed by atoms with E-state index in [-0.39, 0.29) is 34.4 Å². The Labute approximate surface area is 140 Å². The first kappa shape index (κ1) is 19.5. The summed E-state index contributed by atoms with van der Waals surface area (Å²) in [6.07, 6.45) is 0.744. The van der Waals surface area contributed by atoms with E-state index >= 15 is 0 Å². The lowest BCUT2D eigenvalue weighted by Crippen LogP contribution is -2.48. The summed E-state index contributed by atoms with van der Waals surface area (Å²) in [7, 11) is 3.64. The Morgan fingerprint density at radius 2 is 1.61 bits per heavy atom. The van der Waals surface area contributed by atoms with Crippen molar-refractivity contribution in [3.05, 3.63) is 29.8 Å². The standard InChI is InChI=1S/C19H32N2O2/c1-18(2,3)15(17(23)21-7)12-16(20-6)19(4,5)13-8-10-14(22)11-9-13/h8-11,15-16,20,22H,12H2,1-7H3,(H,21,23)/t15-,16?/m1/s1. The van der Waals surface area contributed by atoms with Gasteiger partial charge in [0.15, 0.2) is 0 Å². The Bertz CT molecular complexity index is 515. The van der Waals surface area contributed by atoms with Gasteiger partial charge in [0.1, 0.15) is 5.75 Å². The van der Waals surface area contributed by atoms with Crippen LogP contribution in [-0.2, 0) is 10.2 Å². The minimum atomic E-state index is -0.167. The smallest absolute Gasteiger partial charge is 0.223 e. The maximum atomic E-state index is 12.3. The van der Waals surface area contributed by atoms with Crippen molar-refractivity contribution in [2.24, 2.45) is 11.3 Å². The number of phenols is 1. The van der Waals surface area contributed by atoms with E-state index in [1.807, 2.05) is 19.2 Å². The van der Waals surface area contributed by atoms with Gasteiger partial charge in [-0.15, -0.1) is 0 Å². The van der Waals surface area contributed by atoms with E-state index in [2.05, 4.69) is 45.3 Å². The molecule has 0 fully saturated rings. The van der Waals surface area contributed by atoms with Crippen LogP contribution >= 0.6 is 0 Å². The highest BCUT2D eigenvalue weighted by molar-refractivity contribution is 5.79. The third-order valence-corrected chi connectivity index (χ3v) is 4.91. The number of hydrogen-bond donors (Lipinski definition) is 3. The number of phenolic OH excluding ortho intramolecular Hbond substituents is 1. The van der Waals surface area contributed by atoms with E-state index in [1.165, 1.54) is 0 Å².